The first-order chi connectivity index (χ1) is 10.5. The maximum Gasteiger partial charge on any atom is 0.244 e. The van der Waals surface area contributed by atoms with Gasteiger partial charge in [-0.25, -0.2) is 0 Å². The number of aryl methyl sites for hydroxylation is 1. The molecule has 1 aromatic rings. The molecule has 0 radical (unpaired) electrons. The SMILES string of the molecule is Cc1cc(NC(=O)C2(N)CCCC2)ccc1N1CCCC1=O.Cl. The lowest BCUT2D eigenvalue weighted by molar-refractivity contribution is -0.121. The molecule has 1 aliphatic heterocycles. The smallest absolute Gasteiger partial charge is 0.244 e. The summed E-state index contributed by atoms with van der Waals surface area (Å²) >= 11 is 0. The van der Waals surface area contributed by atoms with Crippen LogP contribution in [0.25, 0.3) is 0 Å². The van der Waals surface area contributed by atoms with E-state index in [-0.39, 0.29) is 24.2 Å². The van der Waals surface area contributed by atoms with Gasteiger partial charge in [-0.15, -0.1) is 12.4 Å². The van der Waals surface area contributed by atoms with Gasteiger partial charge in [-0.05, 0) is 49.9 Å². The Labute approximate surface area is 143 Å². The zero-order valence-electron chi connectivity index (χ0n) is 13.4. The number of hydrogen-bond donors (Lipinski definition) is 2. The average molecular weight is 338 g/mol. The molecule has 0 unspecified atom stereocenters. The van der Waals surface area contributed by atoms with Crippen LogP contribution in [0.5, 0.6) is 0 Å². The first kappa shape index (κ1) is 17.8. The summed E-state index contributed by atoms with van der Waals surface area (Å²) in [5, 5.41) is 2.93. The van der Waals surface area contributed by atoms with Crippen LogP contribution in [-0.4, -0.2) is 23.9 Å². The number of amides is 2. The van der Waals surface area contributed by atoms with Crippen molar-refractivity contribution in [2.24, 2.45) is 5.73 Å². The summed E-state index contributed by atoms with van der Waals surface area (Å²) in [7, 11) is 0. The topological polar surface area (TPSA) is 75.4 Å². The fourth-order valence-electron chi connectivity index (χ4n) is 3.43. The Morgan fingerprint density at radius 2 is 1.96 bits per heavy atom. The van der Waals surface area contributed by atoms with Gasteiger partial charge in [0.05, 0.1) is 5.54 Å². The van der Waals surface area contributed by atoms with Crippen molar-refractivity contribution < 1.29 is 9.59 Å². The molecule has 3 rings (SSSR count). The molecule has 0 aromatic heterocycles. The molecule has 2 aliphatic rings. The molecule has 1 heterocycles. The summed E-state index contributed by atoms with van der Waals surface area (Å²) in [6, 6.07) is 5.67. The van der Waals surface area contributed by atoms with Crippen molar-refractivity contribution in [2.45, 2.75) is 51.0 Å². The summed E-state index contributed by atoms with van der Waals surface area (Å²) in [6.45, 7) is 2.74. The van der Waals surface area contributed by atoms with Gasteiger partial charge in [0.25, 0.3) is 0 Å². The fourth-order valence-corrected chi connectivity index (χ4v) is 3.43. The van der Waals surface area contributed by atoms with Gasteiger partial charge in [-0.3, -0.25) is 9.59 Å². The molecule has 1 aromatic carbocycles. The highest BCUT2D eigenvalue weighted by molar-refractivity contribution is 5.99. The molecule has 1 saturated heterocycles. The van der Waals surface area contributed by atoms with Crippen molar-refractivity contribution in [3.8, 4) is 0 Å². The van der Waals surface area contributed by atoms with Gasteiger partial charge in [0.2, 0.25) is 11.8 Å². The van der Waals surface area contributed by atoms with Crippen LogP contribution in [0.15, 0.2) is 18.2 Å². The quantitative estimate of drug-likeness (QED) is 0.890. The molecule has 0 spiro atoms. The van der Waals surface area contributed by atoms with Gasteiger partial charge < -0.3 is 16.0 Å². The summed E-state index contributed by atoms with van der Waals surface area (Å²) in [4.78, 5) is 26.0. The van der Waals surface area contributed by atoms with Gasteiger partial charge in [-0.1, -0.05) is 12.8 Å². The summed E-state index contributed by atoms with van der Waals surface area (Å²) in [5.74, 6) is 0.0705. The monoisotopic (exact) mass is 337 g/mol. The molecule has 126 valence electrons. The van der Waals surface area contributed by atoms with E-state index in [1.807, 2.05) is 30.0 Å². The molecular weight excluding hydrogens is 314 g/mol. The number of rotatable bonds is 3. The molecule has 5 nitrogen and oxygen atoms in total. The van der Waals surface area contributed by atoms with E-state index in [0.29, 0.717) is 6.42 Å². The van der Waals surface area contributed by atoms with E-state index in [1.165, 1.54) is 0 Å². The average Bonchev–Trinajstić information content (AvgIpc) is 3.09. The Balaban J connectivity index is 0.00000192. The Hall–Kier alpha value is -1.59. The standard InChI is InChI=1S/C17H23N3O2.ClH/c1-12-11-13(19-16(22)17(18)8-2-3-9-17)6-7-14(12)20-10-4-5-15(20)21;/h6-7,11H,2-5,8-10,18H2,1H3,(H,19,22);1H. The maximum atomic E-state index is 12.3. The Kier molecular flexibility index (Phi) is 5.32. The molecule has 23 heavy (non-hydrogen) atoms. The third-order valence-corrected chi connectivity index (χ3v) is 4.77. The summed E-state index contributed by atoms with van der Waals surface area (Å²) < 4.78 is 0. The summed E-state index contributed by atoms with van der Waals surface area (Å²) in [6.07, 6.45) is 5.05. The first-order valence-corrected chi connectivity index (χ1v) is 8.01. The normalized spacial score (nSPS) is 19.6. The predicted molar refractivity (Wildman–Crippen MR) is 94.0 cm³/mol. The van der Waals surface area contributed by atoms with E-state index in [2.05, 4.69) is 5.32 Å². The first-order valence-electron chi connectivity index (χ1n) is 8.01. The van der Waals surface area contributed by atoms with E-state index in [4.69, 9.17) is 5.73 Å². The van der Waals surface area contributed by atoms with Crippen molar-refractivity contribution in [1.29, 1.82) is 0 Å². The van der Waals surface area contributed by atoms with Crippen LogP contribution >= 0.6 is 12.4 Å². The van der Waals surface area contributed by atoms with E-state index in [9.17, 15) is 9.59 Å². The number of nitrogens with two attached hydrogens (primary N) is 1. The van der Waals surface area contributed by atoms with Gasteiger partial charge in [0.15, 0.2) is 0 Å². The van der Waals surface area contributed by atoms with Crippen LogP contribution in [-0.2, 0) is 9.59 Å². The van der Waals surface area contributed by atoms with Crippen molar-refractivity contribution in [1.82, 2.24) is 0 Å². The van der Waals surface area contributed by atoms with E-state index in [0.717, 1.165) is 55.6 Å². The predicted octanol–water partition coefficient (Wildman–Crippen LogP) is 2.75. The van der Waals surface area contributed by atoms with Crippen molar-refractivity contribution >= 4 is 35.6 Å². The number of hydrogen-bond acceptors (Lipinski definition) is 3. The fraction of sp³-hybridized carbons (Fsp3) is 0.529. The molecule has 0 bridgehead atoms. The van der Waals surface area contributed by atoms with Crippen LogP contribution < -0.4 is 16.0 Å². The third kappa shape index (κ3) is 3.51. The lowest BCUT2D eigenvalue weighted by Gasteiger charge is -2.23. The van der Waals surface area contributed by atoms with Crippen molar-refractivity contribution in [3.05, 3.63) is 23.8 Å². The second-order valence-electron chi connectivity index (χ2n) is 6.47. The zero-order chi connectivity index (χ0) is 15.7. The highest BCUT2D eigenvalue weighted by atomic mass is 35.5. The number of anilines is 2. The highest BCUT2D eigenvalue weighted by Gasteiger charge is 2.37. The molecular formula is C17H24ClN3O2. The van der Waals surface area contributed by atoms with Crippen molar-refractivity contribution in [3.63, 3.8) is 0 Å². The van der Waals surface area contributed by atoms with Crippen LogP contribution in [0.4, 0.5) is 11.4 Å². The van der Waals surface area contributed by atoms with E-state index < -0.39 is 5.54 Å². The van der Waals surface area contributed by atoms with Gasteiger partial charge in [0.1, 0.15) is 0 Å². The molecule has 1 saturated carbocycles. The molecule has 2 fully saturated rings. The number of benzene rings is 1. The second-order valence-corrected chi connectivity index (χ2v) is 6.47. The molecule has 2 amide bonds. The largest absolute Gasteiger partial charge is 0.324 e. The van der Waals surface area contributed by atoms with Crippen LogP contribution in [0.1, 0.15) is 44.1 Å². The van der Waals surface area contributed by atoms with Crippen LogP contribution in [0.3, 0.4) is 0 Å². The molecule has 6 heteroatoms. The number of nitrogens with zero attached hydrogens (tertiary/aromatic N) is 1. The molecule has 0 atom stereocenters. The van der Waals surface area contributed by atoms with Crippen molar-refractivity contribution in [2.75, 3.05) is 16.8 Å². The minimum atomic E-state index is -0.725. The Bertz CT molecular complexity index is 612. The second kappa shape index (κ2) is 6.89. The van der Waals surface area contributed by atoms with Gasteiger partial charge in [-0.2, -0.15) is 0 Å². The highest BCUT2D eigenvalue weighted by Crippen LogP contribution is 2.30. The number of nitrogens with one attached hydrogen (secondary N) is 1. The Morgan fingerprint density at radius 3 is 2.52 bits per heavy atom. The van der Waals surface area contributed by atoms with Crippen LogP contribution in [0.2, 0.25) is 0 Å². The zero-order valence-corrected chi connectivity index (χ0v) is 14.2. The van der Waals surface area contributed by atoms with Gasteiger partial charge in [0, 0.05) is 24.3 Å². The Morgan fingerprint density at radius 1 is 1.26 bits per heavy atom. The minimum absolute atomic E-state index is 0. The summed E-state index contributed by atoms with van der Waals surface area (Å²) in [5.41, 5.74) is 8.12. The van der Waals surface area contributed by atoms with E-state index in [1.54, 1.807) is 0 Å². The van der Waals surface area contributed by atoms with Gasteiger partial charge >= 0.3 is 0 Å². The molecule has 3 N–H and O–H groups in total. The van der Waals surface area contributed by atoms with E-state index >= 15 is 0 Å². The number of halogens is 1. The lowest BCUT2D eigenvalue weighted by atomic mass is 9.98. The lowest BCUT2D eigenvalue weighted by Crippen LogP contribution is -2.48. The molecule has 1 aliphatic carbocycles. The maximum absolute atomic E-state index is 12.3. The number of carbonyl (C=O) groups is 2. The third-order valence-electron chi connectivity index (χ3n) is 4.77. The van der Waals surface area contributed by atoms with Crippen LogP contribution in [0, 0.1) is 6.92 Å². The minimum Gasteiger partial charge on any atom is -0.324 e. The number of carbonyl (C=O) groups excluding carboxylic acids is 2.